The molecular formula is C24H30N6O5. The lowest BCUT2D eigenvalue weighted by atomic mass is 9.86. The van der Waals surface area contributed by atoms with Crippen molar-refractivity contribution >= 4 is 17.5 Å². The summed E-state index contributed by atoms with van der Waals surface area (Å²) in [7, 11) is 2.89. The lowest BCUT2D eigenvalue weighted by molar-refractivity contribution is 0.102. The van der Waals surface area contributed by atoms with Gasteiger partial charge in [-0.3, -0.25) is 4.79 Å². The first-order valence-corrected chi connectivity index (χ1v) is 11.2. The Kier molecular flexibility index (Phi) is 6.79. The molecule has 0 bridgehead atoms. The van der Waals surface area contributed by atoms with E-state index in [2.05, 4.69) is 57.7 Å². The third-order valence-electron chi connectivity index (χ3n) is 5.55. The third-order valence-corrected chi connectivity index (χ3v) is 5.55. The van der Waals surface area contributed by atoms with Gasteiger partial charge in [-0.1, -0.05) is 32.9 Å². The standard InChI is InChI=1S/C24H30N6O5/c1-13-7-8-14(24(2,3)4)9-17(13)35-23-27-16(12-34-23)19(31)28-18-20(32-5)29-22(30-21(18)33-6)26-15-10-25-11-15/h7-9,12,15,25H,10-11H2,1-6H3,(H,28,31)(H,26,29,30). The highest BCUT2D eigenvalue weighted by Crippen LogP contribution is 2.34. The Morgan fingerprint density at radius 3 is 2.37 bits per heavy atom. The Morgan fingerprint density at radius 2 is 1.80 bits per heavy atom. The summed E-state index contributed by atoms with van der Waals surface area (Å²) in [5.41, 5.74) is 2.16. The summed E-state index contributed by atoms with van der Waals surface area (Å²) in [6, 6.07) is 6.20. The van der Waals surface area contributed by atoms with Crippen LogP contribution in [-0.4, -0.2) is 54.2 Å². The van der Waals surface area contributed by atoms with Crippen molar-refractivity contribution in [1.29, 1.82) is 0 Å². The summed E-state index contributed by atoms with van der Waals surface area (Å²) in [4.78, 5) is 25.7. The van der Waals surface area contributed by atoms with Gasteiger partial charge in [0.15, 0.2) is 11.4 Å². The fraction of sp³-hybridized carbons (Fsp3) is 0.417. The number of benzene rings is 1. The first kappa shape index (κ1) is 24.3. The second-order valence-electron chi connectivity index (χ2n) is 9.23. The monoisotopic (exact) mass is 482 g/mol. The highest BCUT2D eigenvalue weighted by molar-refractivity contribution is 6.04. The second kappa shape index (κ2) is 9.79. The van der Waals surface area contributed by atoms with E-state index in [0.717, 1.165) is 24.2 Å². The Hall–Kier alpha value is -3.86. The largest absolute Gasteiger partial charge is 0.479 e. The summed E-state index contributed by atoms with van der Waals surface area (Å²) in [5.74, 6) is 0.679. The van der Waals surface area contributed by atoms with Gasteiger partial charge in [0.05, 0.1) is 20.3 Å². The lowest BCUT2D eigenvalue weighted by Gasteiger charge is -2.28. The van der Waals surface area contributed by atoms with E-state index in [-0.39, 0.29) is 40.7 Å². The zero-order valence-electron chi connectivity index (χ0n) is 20.7. The van der Waals surface area contributed by atoms with E-state index in [1.807, 2.05) is 19.1 Å². The molecule has 186 valence electrons. The van der Waals surface area contributed by atoms with E-state index >= 15 is 0 Å². The molecule has 1 aromatic carbocycles. The van der Waals surface area contributed by atoms with Crippen LogP contribution in [-0.2, 0) is 5.41 Å². The van der Waals surface area contributed by atoms with Gasteiger partial charge in [0, 0.05) is 13.1 Å². The molecule has 1 fully saturated rings. The van der Waals surface area contributed by atoms with Crippen LogP contribution in [0.4, 0.5) is 11.6 Å². The van der Waals surface area contributed by atoms with Crippen LogP contribution < -0.4 is 30.2 Å². The maximum atomic E-state index is 12.9. The molecule has 0 radical (unpaired) electrons. The van der Waals surface area contributed by atoms with Crippen LogP contribution in [0, 0.1) is 6.92 Å². The number of hydrogen-bond acceptors (Lipinski definition) is 10. The normalized spacial score (nSPS) is 13.7. The minimum Gasteiger partial charge on any atom is -0.479 e. The quantitative estimate of drug-likeness (QED) is 0.438. The number of aromatic nitrogens is 3. The van der Waals surface area contributed by atoms with Crippen molar-refractivity contribution < 1.29 is 23.4 Å². The van der Waals surface area contributed by atoms with Crippen LogP contribution in [0.2, 0.25) is 0 Å². The smallest absolute Gasteiger partial charge is 0.399 e. The molecule has 0 unspecified atom stereocenters. The van der Waals surface area contributed by atoms with Crippen molar-refractivity contribution in [2.24, 2.45) is 0 Å². The number of aryl methyl sites for hydroxylation is 1. The van der Waals surface area contributed by atoms with Gasteiger partial charge >= 0.3 is 6.08 Å². The molecule has 0 saturated carbocycles. The summed E-state index contributed by atoms with van der Waals surface area (Å²) in [6.45, 7) is 9.90. The van der Waals surface area contributed by atoms with Crippen LogP contribution in [0.25, 0.3) is 0 Å². The Morgan fingerprint density at radius 1 is 1.11 bits per heavy atom. The van der Waals surface area contributed by atoms with E-state index in [9.17, 15) is 4.79 Å². The van der Waals surface area contributed by atoms with Gasteiger partial charge in [0.25, 0.3) is 5.91 Å². The minimum atomic E-state index is -0.562. The average molecular weight is 483 g/mol. The maximum Gasteiger partial charge on any atom is 0.399 e. The Balaban J connectivity index is 1.51. The van der Waals surface area contributed by atoms with Gasteiger partial charge in [0.2, 0.25) is 17.7 Å². The number of amides is 1. The van der Waals surface area contributed by atoms with Crippen molar-refractivity contribution in [3.63, 3.8) is 0 Å². The summed E-state index contributed by atoms with van der Waals surface area (Å²) >= 11 is 0. The summed E-state index contributed by atoms with van der Waals surface area (Å²) in [6.07, 6.45) is 1.17. The van der Waals surface area contributed by atoms with Gasteiger partial charge in [-0.2, -0.15) is 15.0 Å². The van der Waals surface area contributed by atoms with E-state index < -0.39 is 5.91 Å². The predicted octanol–water partition coefficient (Wildman–Crippen LogP) is 3.52. The zero-order valence-corrected chi connectivity index (χ0v) is 20.7. The number of methoxy groups -OCH3 is 2. The molecule has 3 heterocycles. The average Bonchev–Trinajstić information content (AvgIpc) is 3.26. The molecule has 2 aromatic heterocycles. The van der Waals surface area contributed by atoms with Gasteiger partial charge in [-0.05, 0) is 29.5 Å². The first-order chi connectivity index (χ1) is 16.7. The van der Waals surface area contributed by atoms with Gasteiger partial charge in [-0.15, -0.1) is 0 Å². The number of nitrogens with one attached hydrogen (secondary N) is 3. The van der Waals surface area contributed by atoms with Gasteiger partial charge in [0.1, 0.15) is 12.0 Å². The fourth-order valence-corrected chi connectivity index (χ4v) is 3.32. The van der Waals surface area contributed by atoms with Gasteiger partial charge in [-0.25, -0.2) is 0 Å². The molecule has 4 rings (SSSR count). The van der Waals surface area contributed by atoms with E-state index in [1.165, 1.54) is 20.5 Å². The number of rotatable bonds is 8. The van der Waals surface area contributed by atoms with Crippen molar-refractivity contribution in [1.82, 2.24) is 20.3 Å². The maximum absolute atomic E-state index is 12.9. The predicted molar refractivity (Wildman–Crippen MR) is 130 cm³/mol. The van der Waals surface area contributed by atoms with E-state index in [0.29, 0.717) is 11.7 Å². The molecule has 0 atom stereocenters. The zero-order chi connectivity index (χ0) is 25.2. The highest BCUT2D eigenvalue weighted by Gasteiger charge is 2.24. The molecular weight excluding hydrogens is 452 g/mol. The molecule has 11 heteroatoms. The van der Waals surface area contributed by atoms with Crippen LogP contribution in [0.5, 0.6) is 23.6 Å². The molecule has 3 aromatic rings. The molecule has 11 nitrogen and oxygen atoms in total. The molecule has 0 aliphatic carbocycles. The van der Waals surface area contributed by atoms with E-state index in [4.69, 9.17) is 18.6 Å². The van der Waals surface area contributed by atoms with Crippen molar-refractivity contribution in [2.75, 3.05) is 37.9 Å². The number of carbonyl (C=O) groups is 1. The Labute approximate surface area is 203 Å². The van der Waals surface area contributed by atoms with Crippen LogP contribution in [0.1, 0.15) is 42.4 Å². The summed E-state index contributed by atoms with van der Waals surface area (Å²) in [5, 5.41) is 9.03. The van der Waals surface area contributed by atoms with Crippen LogP contribution >= 0.6 is 0 Å². The summed E-state index contributed by atoms with van der Waals surface area (Å²) < 4.78 is 22.0. The second-order valence-corrected chi connectivity index (χ2v) is 9.23. The minimum absolute atomic E-state index is 0.0106. The molecule has 3 N–H and O–H groups in total. The first-order valence-electron chi connectivity index (χ1n) is 11.2. The van der Waals surface area contributed by atoms with Crippen LogP contribution in [0.15, 0.2) is 28.9 Å². The number of hydrogen-bond donors (Lipinski definition) is 3. The van der Waals surface area contributed by atoms with Crippen molar-refractivity contribution in [2.45, 2.75) is 39.2 Å². The third kappa shape index (κ3) is 5.46. The van der Waals surface area contributed by atoms with E-state index in [1.54, 1.807) is 0 Å². The van der Waals surface area contributed by atoms with Crippen molar-refractivity contribution in [3.8, 4) is 23.6 Å². The molecule has 35 heavy (non-hydrogen) atoms. The number of nitrogens with zero attached hydrogens (tertiary/aromatic N) is 3. The van der Waals surface area contributed by atoms with Crippen LogP contribution in [0.3, 0.4) is 0 Å². The number of oxazole rings is 1. The SMILES string of the molecule is COc1nc(NC2CNC2)nc(OC)c1NC(=O)c1coc(Oc2cc(C(C)(C)C)ccc2C)n1. The number of anilines is 2. The fourth-order valence-electron chi connectivity index (χ4n) is 3.32. The van der Waals surface area contributed by atoms with Gasteiger partial charge < -0.3 is 34.6 Å². The Bertz CT molecular complexity index is 1190. The number of ether oxygens (including phenoxy) is 3. The highest BCUT2D eigenvalue weighted by atomic mass is 16.6. The topological polar surface area (TPSA) is 133 Å². The molecule has 1 aliphatic rings. The van der Waals surface area contributed by atoms with Crippen molar-refractivity contribution in [3.05, 3.63) is 41.3 Å². The molecule has 1 aliphatic heterocycles. The molecule has 1 amide bonds. The molecule has 0 spiro atoms. The number of carbonyl (C=O) groups excluding carboxylic acids is 1. The molecule has 1 saturated heterocycles. The lowest BCUT2D eigenvalue weighted by Crippen LogP contribution is -2.51.